The molecule has 0 aromatic carbocycles. The molecule has 1 N–H and O–H groups in total. The highest BCUT2D eigenvalue weighted by atomic mass is 32.1. The molecule has 1 aromatic heterocycles. The standard InChI is InChI=1S/C11H18N4OS/c1-15(7-9-6-12-4-5-16-9)11-13-10(14-17-11)8-2-3-8/h8-9,12H,2-7H2,1H3. The zero-order chi connectivity index (χ0) is 11.7. The summed E-state index contributed by atoms with van der Waals surface area (Å²) in [5.41, 5.74) is 0. The van der Waals surface area contributed by atoms with Crippen LogP contribution in [0, 0.1) is 0 Å². The van der Waals surface area contributed by atoms with Gasteiger partial charge in [-0.1, -0.05) is 0 Å². The minimum absolute atomic E-state index is 0.266. The van der Waals surface area contributed by atoms with Crippen molar-refractivity contribution in [2.24, 2.45) is 0 Å². The number of hydrogen-bond donors (Lipinski definition) is 1. The first-order valence-corrected chi connectivity index (χ1v) is 6.97. The maximum atomic E-state index is 5.69. The normalized spacial score (nSPS) is 24.9. The summed E-state index contributed by atoms with van der Waals surface area (Å²) in [6.45, 7) is 3.58. The lowest BCUT2D eigenvalue weighted by atomic mass is 10.3. The van der Waals surface area contributed by atoms with Crippen molar-refractivity contribution >= 4 is 16.7 Å². The van der Waals surface area contributed by atoms with Crippen LogP contribution in [0.15, 0.2) is 0 Å². The van der Waals surface area contributed by atoms with E-state index in [-0.39, 0.29) is 6.10 Å². The van der Waals surface area contributed by atoms with Crippen LogP contribution in [0.25, 0.3) is 0 Å². The average Bonchev–Trinajstić information content (AvgIpc) is 3.08. The number of nitrogens with zero attached hydrogens (tertiary/aromatic N) is 3. The molecule has 1 aliphatic carbocycles. The second-order valence-corrected chi connectivity index (χ2v) is 5.52. The number of rotatable bonds is 4. The Bertz CT molecular complexity index is 373. The minimum atomic E-state index is 0.266. The summed E-state index contributed by atoms with van der Waals surface area (Å²) in [6.07, 6.45) is 2.78. The molecule has 1 aliphatic heterocycles. The van der Waals surface area contributed by atoms with Crippen LogP contribution in [0.4, 0.5) is 5.13 Å². The molecule has 1 unspecified atom stereocenters. The van der Waals surface area contributed by atoms with E-state index in [9.17, 15) is 0 Å². The first-order chi connectivity index (χ1) is 8.33. The maximum Gasteiger partial charge on any atom is 0.205 e. The van der Waals surface area contributed by atoms with Gasteiger partial charge in [0, 0.05) is 44.1 Å². The van der Waals surface area contributed by atoms with Crippen LogP contribution in [0.5, 0.6) is 0 Å². The first-order valence-electron chi connectivity index (χ1n) is 6.20. The Morgan fingerprint density at radius 1 is 1.53 bits per heavy atom. The van der Waals surface area contributed by atoms with Gasteiger partial charge in [0.15, 0.2) is 0 Å². The highest BCUT2D eigenvalue weighted by molar-refractivity contribution is 7.09. The first kappa shape index (κ1) is 11.4. The average molecular weight is 254 g/mol. The van der Waals surface area contributed by atoms with E-state index in [1.807, 2.05) is 0 Å². The zero-order valence-electron chi connectivity index (χ0n) is 10.1. The molecule has 1 aromatic rings. The third kappa shape index (κ3) is 2.75. The molecule has 2 fully saturated rings. The highest BCUT2D eigenvalue weighted by Gasteiger charge is 2.28. The molecule has 0 amide bonds. The molecule has 1 atom stereocenters. The van der Waals surface area contributed by atoms with Crippen molar-refractivity contribution < 1.29 is 4.74 Å². The van der Waals surface area contributed by atoms with Gasteiger partial charge >= 0.3 is 0 Å². The molecule has 5 nitrogen and oxygen atoms in total. The van der Waals surface area contributed by atoms with E-state index in [0.29, 0.717) is 5.92 Å². The molecular formula is C11H18N4OS. The van der Waals surface area contributed by atoms with Crippen molar-refractivity contribution in [1.82, 2.24) is 14.7 Å². The molecule has 0 bridgehead atoms. The molecule has 2 heterocycles. The van der Waals surface area contributed by atoms with Crippen LogP contribution in [-0.2, 0) is 4.74 Å². The van der Waals surface area contributed by atoms with E-state index in [4.69, 9.17) is 4.74 Å². The third-order valence-corrected chi connectivity index (χ3v) is 4.03. The van der Waals surface area contributed by atoms with Crippen LogP contribution in [0.3, 0.4) is 0 Å². The third-order valence-electron chi connectivity index (χ3n) is 3.18. The van der Waals surface area contributed by atoms with Gasteiger partial charge < -0.3 is 15.0 Å². The molecule has 94 valence electrons. The van der Waals surface area contributed by atoms with Crippen molar-refractivity contribution in [3.63, 3.8) is 0 Å². The van der Waals surface area contributed by atoms with E-state index in [0.717, 1.165) is 37.2 Å². The monoisotopic (exact) mass is 254 g/mol. The molecule has 2 aliphatic rings. The summed E-state index contributed by atoms with van der Waals surface area (Å²) in [5.74, 6) is 1.68. The van der Waals surface area contributed by atoms with Crippen LogP contribution >= 0.6 is 11.5 Å². The Morgan fingerprint density at radius 3 is 3.12 bits per heavy atom. The SMILES string of the molecule is CN(CC1CNCCO1)c1nc(C2CC2)ns1. The minimum Gasteiger partial charge on any atom is -0.374 e. The largest absolute Gasteiger partial charge is 0.374 e. The maximum absolute atomic E-state index is 5.69. The summed E-state index contributed by atoms with van der Waals surface area (Å²) in [5, 5.41) is 4.36. The van der Waals surface area contributed by atoms with Crippen molar-refractivity contribution in [3.05, 3.63) is 5.82 Å². The molecule has 0 spiro atoms. The smallest absolute Gasteiger partial charge is 0.205 e. The summed E-state index contributed by atoms with van der Waals surface area (Å²) >= 11 is 1.50. The number of ether oxygens (including phenoxy) is 1. The van der Waals surface area contributed by atoms with Gasteiger partial charge in [0.25, 0.3) is 0 Å². The molecule has 1 saturated heterocycles. The van der Waals surface area contributed by atoms with E-state index in [1.165, 1.54) is 24.4 Å². The van der Waals surface area contributed by atoms with Crippen molar-refractivity contribution in [3.8, 4) is 0 Å². The van der Waals surface area contributed by atoms with E-state index >= 15 is 0 Å². The number of aromatic nitrogens is 2. The summed E-state index contributed by atoms with van der Waals surface area (Å²) < 4.78 is 10.1. The molecule has 0 radical (unpaired) electrons. The zero-order valence-corrected chi connectivity index (χ0v) is 10.9. The van der Waals surface area contributed by atoms with Crippen molar-refractivity contribution in [2.45, 2.75) is 24.9 Å². The van der Waals surface area contributed by atoms with Crippen molar-refractivity contribution in [2.75, 3.05) is 38.2 Å². The lowest BCUT2D eigenvalue weighted by Crippen LogP contribution is -2.44. The summed E-state index contributed by atoms with van der Waals surface area (Å²) in [4.78, 5) is 6.75. The number of morpholine rings is 1. The van der Waals surface area contributed by atoms with Gasteiger partial charge in [0.1, 0.15) is 5.82 Å². The number of anilines is 1. The number of likely N-dealkylation sites (N-methyl/N-ethyl adjacent to an activating group) is 1. The lowest BCUT2D eigenvalue weighted by Gasteiger charge is -2.27. The van der Waals surface area contributed by atoms with Crippen LogP contribution in [-0.4, -0.2) is 48.8 Å². The second-order valence-electron chi connectivity index (χ2n) is 4.79. The number of nitrogens with one attached hydrogen (secondary N) is 1. The predicted octanol–water partition coefficient (Wildman–Crippen LogP) is 0.840. The Balaban J connectivity index is 1.57. The van der Waals surface area contributed by atoms with E-state index in [2.05, 4.69) is 26.6 Å². The van der Waals surface area contributed by atoms with Crippen LogP contribution in [0.1, 0.15) is 24.6 Å². The quantitative estimate of drug-likeness (QED) is 0.863. The Labute approximate surface area is 105 Å². The Hall–Kier alpha value is -0.720. The molecule has 6 heteroatoms. The Kier molecular flexibility index (Phi) is 3.26. The number of hydrogen-bond acceptors (Lipinski definition) is 6. The molecular weight excluding hydrogens is 236 g/mol. The fourth-order valence-corrected chi connectivity index (χ4v) is 2.72. The fraction of sp³-hybridized carbons (Fsp3) is 0.818. The molecule has 3 rings (SSSR count). The van der Waals surface area contributed by atoms with Gasteiger partial charge in [0.2, 0.25) is 5.13 Å². The van der Waals surface area contributed by atoms with Crippen LogP contribution in [0.2, 0.25) is 0 Å². The lowest BCUT2D eigenvalue weighted by molar-refractivity contribution is 0.0340. The van der Waals surface area contributed by atoms with E-state index in [1.54, 1.807) is 0 Å². The van der Waals surface area contributed by atoms with E-state index < -0.39 is 0 Å². The van der Waals surface area contributed by atoms with Gasteiger partial charge in [-0.25, -0.2) is 4.98 Å². The van der Waals surface area contributed by atoms with Gasteiger partial charge in [-0.3, -0.25) is 0 Å². The highest BCUT2D eigenvalue weighted by Crippen LogP contribution is 2.39. The Morgan fingerprint density at radius 2 is 2.41 bits per heavy atom. The fourth-order valence-electron chi connectivity index (χ4n) is 2.01. The summed E-state index contributed by atoms with van der Waals surface area (Å²) in [6, 6.07) is 0. The van der Waals surface area contributed by atoms with Gasteiger partial charge in [-0.15, -0.1) is 0 Å². The van der Waals surface area contributed by atoms with Gasteiger partial charge in [-0.05, 0) is 12.8 Å². The predicted molar refractivity (Wildman–Crippen MR) is 67.8 cm³/mol. The summed E-state index contributed by atoms with van der Waals surface area (Å²) in [7, 11) is 2.06. The van der Waals surface area contributed by atoms with Gasteiger partial charge in [-0.2, -0.15) is 4.37 Å². The second kappa shape index (κ2) is 4.88. The molecule has 1 saturated carbocycles. The van der Waals surface area contributed by atoms with Crippen molar-refractivity contribution in [1.29, 1.82) is 0 Å². The molecule has 17 heavy (non-hydrogen) atoms. The topological polar surface area (TPSA) is 50.3 Å². The van der Waals surface area contributed by atoms with Crippen LogP contribution < -0.4 is 10.2 Å². The van der Waals surface area contributed by atoms with Gasteiger partial charge in [0.05, 0.1) is 12.7 Å².